The van der Waals surface area contributed by atoms with Gasteiger partial charge in [0.05, 0.1) is 19.8 Å². The first-order valence-electron chi connectivity index (χ1n) is 11.3. The molecule has 0 aromatic carbocycles. The second-order valence-corrected chi connectivity index (χ2v) is 8.97. The van der Waals surface area contributed by atoms with E-state index in [-0.39, 0.29) is 11.1 Å². The monoisotopic (exact) mass is 458 g/mol. The van der Waals surface area contributed by atoms with Crippen LogP contribution < -0.4 is 0 Å². The average molecular weight is 459 g/mol. The van der Waals surface area contributed by atoms with Gasteiger partial charge in [-0.25, -0.2) is 9.59 Å². The second-order valence-electron chi connectivity index (χ2n) is 8.97. The zero-order valence-corrected chi connectivity index (χ0v) is 19.8. The van der Waals surface area contributed by atoms with Crippen LogP contribution in [0.4, 0.5) is 0 Å². The van der Waals surface area contributed by atoms with Gasteiger partial charge in [0.2, 0.25) is 0 Å². The first-order chi connectivity index (χ1) is 15.0. The molecule has 1 atom stereocenters. The Bertz CT molecular complexity index is 621. The summed E-state index contributed by atoms with van der Waals surface area (Å²) in [5.74, 6) is -1.69. The second kappa shape index (κ2) is 15.3. The van der Waals surface area contributed by atoms with Crippen LogP contribution in [0, 0.1) is 10.8 Å². The fourth-order valence-corrected chi connectivity index (χ4v) is 3.61. The summed E-state index contributed by atoms with van der Waals surface area (Å²) >= 11 is 0. The fourth-order valence-electron chi connectivity index (χ4n) is 3.61. The lowest BCUT2D eigenvalue weighted by atomic mass is 9.62. The molecule has 0 bridgehead atoms. The molecule has 0 fully saturated rings. The van der Waals surface area contributed by atoms with Crippen molar-refractivity contribution in [1.29, 1.82) is 0 Å². The zero-order valence-electron chi connectivity index (χ0n) is 19.8. The first-order valence-corrected chi connectivity index (χ1v) is 11.3. The van der Waals surface area contributed by atoms with Crippen LogP contribution in [0.1, 0.15) is 78.6 Å². The van der Waals surface area contributed by atoms with Crippen molar-refractivity contribution in [1.82, 2.24) is 0 Å². The van der Waals surface area contributed by atoms with Gasteiger partial charge in [-0.2, -0.15) is 0 Å². The molecule has 0 aromatic heterocycles. The number of esters is 2. The third-order valence-corrected chi connectivity index (χ3v) is 6.12. The predicted molar refractivity (Wildman–Crippen MR) is 121 cm³/mol. The van der Waals surface area contributed by atoms with Gasteiger partial charge in [0, 0.05) is 22.0 Å². The van der Waals surface area contributed by atoms with E-state index in [1.54, 1.807) is 6.92 Å². The normalized spacial score (nSPS) is 14.3. The zero-order chi connectivity index (χ0) is 24.8. The molecule has 0 spiro atoms. The summed E-state index contributed by atoms with van der Waals surface area (Å²) in [5, 5.41) is 47.9. The van der Waals surface area contributed by atoms with Crippen LogP contribution in [-0.4, -0.2) is 63.6 Å². The molecular weight excluding hydrogens is 416 g/mol. The third-order valence-electron chi connectivity index (χ3n) is 6.12. The predicted octanol–water partition coefficient (Wildman–Crippen LogP) is 2.37. The molecule has 0 amide bonds. The molecule has 0 saturated heterocycles. The molecule has 0 saturated carbocycles. The van der Waals surface area contributed by atoms with Crippen molar-refractivity contribution in [3.8, 4) is 0 Å². The molecule has 8 heteroatoms. The molecular formula is C24H42O8. The summed E-state index contributed by atoms with van der Waals surface area (Å²) in [6.07, 6.45) is 7.27. The highest BCUT2D eigenvalue weighted by atomic mass is 16.6. The minimum Gasteiger partial charge on any atom is -0.396 e. The molecule has 32 heavy (non-hydrogen) atoms. The molecule has 5 N–H and O–H groups in total. The fraction of sp³-hybridized carbons (Fsp3) is 0.750. The van der Waals surface area contributed by atoms with Crippen molar-refractivity contribution < 1.29 is 39.9 Å². The number of carbonyl (C=O) groups is 2. The Morgan fingerprint density at radius 1 is 0.875 bits per heavy atom. The van der Waals surface area contributed by atoms with E-state index >= 15 is 0 Å². The summed E-state index contributed by atoms with van der Waals surface area (Å²) in [5.41, 5.74) is -1.98. The smallest absolute Gasteiger partial charge is 0.341 e. The van der Waals surface area contributed by atoms with E-state index in [0.717, 1.165) is 38.5 Å². The minimum absolute atomic E-state index is 0.0858. The lowest BCUT2D eigenvalue weighted by Gasteiger charge is -2.44. The summed E-state index contributed by atoms with van der Waals surface area (Å²) < 4.78 is 4.76. The van der Waals surface area contributed by atoms with Crippen molar-refractivity contribution in [2.45, 2.75) is 84.8 Å². The topological polar surface area (TPSA) is 145 Å². The number of carbonyl (C=O) groups excluding carboxylic acids is 2. The van der Waals surface area contributed by atoms with Crippen molar-refractivity contribution in [2.24, 2.45) is 10.8 Å². The van der Waals surface area contributed by atoms with Crippen molar-refractivity contribution in [3.63, 3.8) is 0 Å². The Kier molecular flexibility index (Phi) is 14.5. The van der Waals surface area contributed by atoms with E-state index in [2.05, 4.69) is 6.58 Å². The number of unbranched alkanes of at least 4 members (excludes halogenated alkanes) is 6. The third kappa shape index (κ3) is 9.92. The number of ether oxygens (including phenoxy) is 1. The van der Waals surface area contributed by atoms with E-state index in [1.807, 2.05) is 0 Å². The van der Waals surface area contributed by atoms with Gasteiger partial charge in [0.25, 0.3) is 0 Å². The first kappa shape index (κ1) is 30.4. The Morgan fingerprint density at radius 3 is 1.81 bits per heavy atom. The standard InChI is InChI=1S/C24H42O8/c1-18(2)21(30)32-22(31)19(3)14-24(17-27,23(4,15-25)16-26)13-11-9-7-5-6-8-10-12-20(28)29/h14,20,25-29H,1,5-13,15-17H2,2-4H3. The van der Waals surface area contributed by atoms with Gasteiger partial charge in [0.15, 0.2) is 6.29 Å². The highest BCUT2D eigenvalue weighted by molar-refractivity contribution is 6.01. The van der Waals surface area contributed by atoms with Gasteiger partial charge >= 0.3 is 11.9 Å². The number of aliphatic hydroxyl groups is 5. The van der Waals surface area contributed by atoms with Gasteiger partial charge in [-0.15, -0.1) is 0 Å². The van der Waals surface area contributed by atoms with E-state index in [0.29, 0.717) is 19.3 Å². The highest BCUT2D eigenvalue weighted by Crippen LogP contribution is 2.45. The van der Waals surface area contributed by atoms with Gasteiger partial charge in [-0.05, 0) is 33.1 Å². The quantitative estimate of drug-likeness (QED) is 0.0734. The van der Waals surface area contributed by atoms with Crippen molar-refractivity contribution in [2.75, 3.05) is 19.8 Å². The Balaban J connectivity index is 5.15. The maximum Gasteiger partial charge on any atom is 0.341 e. The molecule has 1 unspecified atom stereocenters. The molecule has 8 nitrogen and oxygen atoms in total. The summed E-state index contributed by atoms with van der Waals surface area (Å²) in [7, 11) is 0. The Hall–Kier alpha value is -1.58. The number of aliphatic hydroxyl groups excluding tert-OH is 4. The van der Waals surface area contributed by atoms with Crippen LogP contribution in [0.15, 0.2) is 23.8 Å². The van der Waals surface area contributed by atoms with Gasteiger partial charge in [-0.1, -0.05) is 58.1 Å². The SMILES string of the molecule is C=C(C)C(=O)OC(=O)C(C)=CC(CO)(CCCCCCCCCC(O)O)C(C)(CO)CO. The summed E-state index contributed by atoms with van der Waals surface area (Å²) in [6.45, 7) is 6.79. The Morgan fingerprint density at radius 2 is 1.38 bits per heavy atom. The van der Waals surface area contributed by atoms with Crippen molar-refractivity contribution in [3.05, 3.63) is 23.8 Å². The van der Waals surface area contributed by atoms with Crippen LogP contribution in [0.5, 0.6) is 0 Å². The lowest BCUT2D eigenvalue weighted by molar-refractivity contribution is -0.154. The number of hydrogen-bond donors (Lipinski definition) is 5. The molecule has 0 heterocycles. The molecule has 0 aliphatic heterocycles. The molecule has 0 rings (SSSR count). The van der Waals surface area contributed by atoms with Gasteiger partial charge in [-0.3, -0.25) is 0 Å². The average Bonchev–Trinajstić information content (AvgIpc) is 2.75. The van der Waals surface area contributed by atoms with Crippen LogP contribution in [0.3, 0.4) is 0 Å². The van der Waals surface area contributed by atoms with E-state index in [1.165, 1.54) is 19.9 Å². The summed E-state index contributed by atoms with van der Waals surface area (Å²) in [4.78, 5) is 24.0. The molecule has 0 radical (unpaired) electrons. The lowest BCUT2D eigenvalue weighted by Crippen LogP contribution is -2.47. The van der Waals surface area contributed by atoms with Crippen LogP contribution >= 0.6 is 0 Å². The van der Waals surface area contributed by atoms with Crippen LogP contribution in [0.25, 0.3) is 0 Å². The van der Waals surface area contributed by atoms with Gasteiger partial charge in [0.1, 0.15) is 0 Å². The minimum atomic E-state index is -1.25. The largest absolute Gasteiger partial charge is 0.396 e. The molecule has 0 aliphatic rings. The summed E-state index contributed by atoms with van der Waals surface area (Å²) in [6, 6.07) is 0. The highest BCUT2D eigenvalue weighted by Gasteiger charge is 2.45. The van der Waals surface area contributed by atoms with E-state index in [4.69, 9.17) is 14.9 Å². The number of hydrogen-bond acceptors (Lipinski definition) is 8. The molecule has 0 aromatic rings. The Labute approximate surface area is 191 Å². The van der Waals surface area contributed by atoms with Crippen LogP contribution in [-0.2, 0) is 14.3 Å². The molecule has 0 aliphatic carbocycles. The van der Waals surface area contributed by atoms with Gasteiger partial charge < -0.3 is 30.3 Å². The maximum atomic E-state index is 12.3. The van der Waals surface area contributed by atoms with E-state index < -0.39 is 48.9 Å². The number of rotatable bonds is 17. The molecule has 186 valence electrons. The van der Waals surface area contributed by atoms with Crippen molar-refractivity contribution >= 4 is 11.9 Å². The van der Waals surface area contributed by atoms with Crippen LogP contribution in [0.2, 0.25) is 0 Å². The van der Waals surface area contributed by atoms with E-state index in [9.17, 15) is 24.9 Å². The maximum absolute atomic E-state index is 12.3.